The fraction of sp³-hybridized carbons (Fsp3) is 1.00. The zero-order valence-corrected chi connectivity index (χ0v) is 10.5. The maximum absolute atomic E-state index is 6.19. The molecule has 1 aliphatic heterocycles. The van der Waals surface area contributed by atoms with E-state index >= 15 is 0 Å². The van der Waals surface area contributed by atoms with E-state index in [-0.39, 0.29) is 5.72 Å². The number of hydrogen-bond donors (Lipinski definition) is 0. The van der Waals surface area contributed by atoms with Gasteiger partial charge in [-0.05, 0) is 33.1 Å². The third kappa shape index (κ3) is 2.21. The van der Waals surface area contributed by atoms with E-state index < -0.39 is 0 Å². The van der Waals surface area contributed by atoms with Crippen LogP contribution in [0.1, 0.15) is 59.3 Å². The Morgan fingerprint density at radius 3 is 2.73 bits per heavy atom. The molecule has 0 spiro atoms. The molecule has 0 aromatic rings. The van der Waals surface area contributed by atoms with Crippen molar-refractivity contribution in [2.75, 3.05) is 6.54 Å². The van der Waals surface area contributed by atoms with Gasteiger partial charge in [0.15, 0.2) is 0 Å². The lowest BCUT2D eigenvalue weighted by Crippen LogP contribution is -2.45. The SMILES string of the molecule is CCCCN1C2CCCCC2OC1(C)C. The van der Waals surface area contributed by atoms with E-state index in [0.717, 1.165) is 0 Å². The molecule has 1 aliphatic carbocycles. The first-order chi connectivity index (χ1) is 7.15. The topological polar surface area (TPSA) is 12.5 Å². The van der Waals surface area contributed by atoms with E-state index in [1.54, 1.807) is 0 Å². The number of ether oxygens (including phenoxy) is 1. The van der Waals surface area contributed by atoms with Gasteiger partial charge in [-0.3, -0.25) is 4.90 Å². The molecule has 0 radical (unpaired) electrons. The van der Waals surface area contributed by atoms with Crippen LogP contribution in [0, 0.1) is 0 Å². The molecule has 2 fully saturated rings. The first kappa shape index (κ1) is 11.4. The van der Waals surface area contributed by atoms with Crippen LogP contribution in [0.4, 0.5) is 0 Å². The molecular formula is C13H25NO. The lowest BCUT2D eigenvalue weighted by atomic mass is 9.92. The van der Waals surface area contributed by atoms with Crippen molar-refractivity contribution >= 4 is 0 Å². The minimum absolute atomic E-state index is 0.0190. The molecule has 1 saturated heterocycles. The molecule has 2 atom stereocenters. The molecule has 0 N–H and O–H groups in total. The maximum atomic E-state index is 6.19. The zero-order chi connectivity index (χ0) is 10.9. The van der Waals surface area contributed by atoms with Gasteiger partial charge in [-0.1, -0.05) is 26.2 Å². The summed E-state index contributed by atoms with van der Waals surface area (Å²) in [6.07, 6.45) is 8.47. The van der Waals surface area contributed by atoms with E-state index in [2.05, 4.69) is 25.7 Å². The van der Waals surface area contributed by atoms with Crippen molar-refractivity contribution in [1.29, 1.82) is 0 Å². The molecule has 0 aromatic heterocycles. The van der Waals surface area contributed by atoms with Crippen LogP contribution >= 0.6 is 0 Å². The van der Waals surface area contributed by atoms with Gasteiger partial charge in [0.25, 0.3) is 0 Å². The lowest BCUT2D eigenvalue weighted by Gasteiger charge is -2.34. The van der Waals surface area contributed by atoms with Crippen LogP contribution in [0.2, 0.25) is 0 Å². The average Bonchev–Trinajstić information content (AvgIpc) is 2.45. The summed E-state index contributed by atoms with van der Waals surface area (Å²) < 4.78 is 6.19. The van der Waals surface area contributed by atoms with Gasteiger partial charge in [0, 0.05) is 12.6 Å². The van der Waals surface area contributed by atoms with Crippen molar-refractivity contribution in [1.82, 2.24) is 4.90 Å². The Hall–Kier alpha value is -0.0800. The second-order valence-electron chi connectivity index (χ2n) is 5.50. The average molecular weight is 211 g/mol. The molecule has 2 rings (SSSR count). The smallest absolute Gasteiger partial charge is 0.116 e. The molecule has 2 aliphatic rings. The van der Waals surface area contributed by atoms with Crippen molar-refractivity contribution < 1.29 is 4.74 Å². The predicted molar refractivity (Wildman–Crippen MR) is 62.8 cm³/mol. The molecular weight excluding hydrogens is 186 g/mol. The highest BCUT2D eigenvalue weighted by Gasteiger charge is 2.47. The van der Waals surface area contributed by atoms with E-state index in [4.69, 9.17) is 4.74 Å². The number of rotatable bonds is 3. The summed E-state index contributed by atoms with van der Waals surface area (Å²) in [6.45, 7) is 7.95. The monoisotopic (exact) mass is 211 g/mol. The van der Waals surface area contributed by atoms with Crippen LogP contribution in [0.5, 0.6) is 0 Å². The number of hydrogen-bond acceptors (Lipinski definition) is 2. The van der Waals surface area contributed by atoms with E-state index in [1.807, 2.05) is 0 Å². The largest absolute Gasteiger partial charge is 0.356 e. The van der Waals surface area contributed by atoms with Crippen LogP contribution in [-0.4, -0.2) is 29.3 Å². The van der Waals surface area contributed by atoms with Crippen LogP contribution in [0.15, 0.2) is 0 Å². The normalized spacial score (nSPS) is 35.4. The number of fused-ring (bicyclic) bond motifs is 1. The Balaban J connectivity index is 2.04. The molecule has 2 nitrogen and oxygen atoms in total. The first-order valence-corrected chi connectivity index (χ1v) is 6.59. The first-order valence-electron chi connectivity index (χ1n) is 6.59. The predicted octanol–water partition coefficient (Wildman–Crippen LogP) is 3.17. The molecule has 1 saturated carbocycles. The second-order valence-corrected chi connectivity index (χ2v) is 5.50. The van der Waals surface area contributed by atoms with Crippen molar-refractivity contribution in [3.05, 3.63) is 0 Å². The Bertz CT molecular complexity index is 215. The summed E-state index contributed by atoms with van der Waals surface area (Å²) in [5.41, 5.74) is -0.0190. The summed E-state index contributed by atoms with van der Waals surface area (Å²) in [5.74, 6) is 0. The lowest BCUT2D eigenvalue weighted by molar-refractivity contribution is -0.0769. The molecule has 2 unspecified atom stereocenters. The quantitative estimate of drug-likeness (QED) is 0.711. The van der Waals surface area contributed by atoms with Gasteiger partial charge in [0.05, 0.1) is 6.10 Å². The maximum Gasteiger partial charge on any atom is 0.116 e. The number of nitrogens with zero attached hydrogens (tertiary/aromatic N) is 1. The van der Waals surface area contributed by atoms with Gasteiger partial charge < -0.3 is 4.74 Å². The number of unbranched alkanes of at least 4 members (excludes halogenated alkanes) is 1. The Labute approximate surface area is 94.0 Å². The standard InChI is InChI=1S/C13H25NO/c1-4-5-10-14-11-8-6-7-9-12(11)15-13(14,2)3/h11-12H,4-10H2,1-3H3. The van der Waals surface area contributed by atoms with Crippen molar-refractivity contribution in [2.45, 2.75) is 77.2 Å². The molecule has 0 amide bonds. The van der Waals surface area contributed by atoms with Crippen molar-refractivity contribution in [3.8, 4) is 0 Å². The van der Waals surface area contributed by atoms with Gasteiger partial charge in [-0.25, -0.2) is 0 Å². The third-order valence-corrected chi connectivity index (χ3v) is 3.95. The van der Waals surface area contributed by atoms with Crippen molar-refractivity contribution in [2.24, 2.45) is 0 Å². The highest BCUT2D eigenvalue weighted by molar-refractivity contribution is 4.95. The highest BCUT2D eigenvalue weighted by Crippen LogP contribution is 2.39. The van der Waals surface area contributed by atoms with E-state index in [9.17, 15) is 0 Å². The fourth-order valence-electron chi connectivity index (χ4n) is 3.17. The second kappa shape index (κ2) is 4.42. The Morgan fingerprint density at radius 1 is 1.27 bits per heavy atom. The van der Waals surface area contributed by atoms with E-state index in [0.29, 0.717) is 12.1 Å². The van der Waals surface area contributed by atoms with Gasteiger partial charge in [0.1, 0.15) is 5.72 Å². The van der Waals surface area contributed by atoms with E-state index in [1.165, 1.54) is 45.1 Å². The summed E-state index contributed by atoms with van der Waals surface area (Å²) in [5, 5.41) is 0. The molecule has 15 heavy (non-hydrogen) atoms. The van der Waals surface area contributed by atoms with Crippen LogP contribution in [-0.2, 0) is 4.74 Å². The van der Waals surface area contributed by atoms with Gasteiger partial charge >= 0.3 is 0 Å². The summed E-state index contributed by atoms with van der Waals surface area (Å²) in [4.78, 5) is 2.61. The molecule has 0 aromatic carbocycles. The fourth-order valence-corrected chi connectivity index (χ4v) is 3.17. The van der Waals surface area contributed by atoms with Crippen LogP contribution in [0.3, 0.4) is 0 Å². The van der Waals surface area contributed by atoms with Gasteiger partial charge in [0.2, 0.25) is 0 Å². The highest BCUT2D eigenvalue weighted by atomic mass is 16.5. The molecule has 0 bridgehead atoms. The molecule has 88 valence electrons. The van der Waals surface area contributed by atoms with Crippen LogP contribution in [0.25, 0.3) is 0 Å². The summed E-state index contributed by atoms with van der Waals surface area (Å²) >= 11 is 0. The molecule has 1 heterocycles. The summed E-state index contributed by atoms with van der Waals surface area (Å²) in [7, 11) is 0. The minimum atomic E-state index is -0.0190. The molecule has 2 heteroatoms. The Morgan fingerprint density at radius 2 is 2.00 bits per heavy atom. The van der Waals surface area contributed by atoms with Gasteiger partial charge in [-0.15, -0.1) is 0 Å². The van der Waals surface area contributed by atoms with Gasteiger partial charge in [-0.2, -0.15) is 0 Å². The summed E-state index contributed by atoms with van der Waals surface area (Å²) in [6, 6.07) is 0.709. The minimum Gasteiger partial charge on any atom is -0.356 e. The zero-order valence-electron chi connectivity index (χ0n) is 10.5. The Kier molecular flexibility index (Phi) is 3.36. The third-order valence-electron chi connectivity index (χ3n) is 3.95. The van der Waals surface area contributed by atoms with Crippen LogP contribution < -0.4 is 0 Å². The van der Waals surface area contributed by atoms with Crippen molar-refractivity contribution in [3.63, 3.8) is 0 Å².